The molecule has 0 atom stereocenters. The van der Waals surface area contributed by atoms with Crippen LogP contribution in [0.1, 0.15) is 15.9 Å². The maximum Gasteiger partial charge on any atom is 0.335 e. The molecule has 1 N–H and O–H groups in total. The Morgan fingerprint density at radius 2 is 1.80 bits per heavy atom. The van der Waals surface area contributed by atoms with Crippen LogP contribution in [0.4, 0.5) is 0 Å². The normalized spacial score (nSPS) is 9.87. The van der Waals surface area contributed by atoms with Crippen molar-refractivity contribution in [2.75, 3.05) is 0 Å². The summed E-state index contributed by atoms with van der Waals surface area (Å²) in [5.74, 6) is -1.07. The maximum atomic E-state index is 10.6. The van der Waals surface area contributed by atoms with Crippen LogP contribution in [0.15, 0.2) is 22.7 Å². The van der Waals surface area contributed by atoms with Gasteiger partial charge in [0.25, 0.3) is 0 Å². The first-order valence-electron chi connectivity index (χ1n) is 3.67. The van der Waals surface area contributed by atoms with Crippen LogP contribution < -0.4 is 0 Å². The highest BCUT2D eigenvalue weighted by Crippen LogP contribution is 2.33. The van der Waals surface area contributed by atoms with Gasteiger partial charge in [-0.25, -0.2) is 4.79 Å². The van der Waals surface area contributed by atoms with E-state index >= 15 is 0 Å². The fraction of sp³-hybridized carbons (Fsp3) is 0. The fourth-order valence-electron chi connectivity index (χ4n) is 0.928. The Labute approximate surface area is 106 Å². The zero-order valence-electron chi connectivity index (χ0n) is 7.10. The lowest BCUT2D eigenvalue weighted by Gasteiger charge is -2.03. The molecule has 2 nitrogen and oxygen atoms in total. The van der Waals surface area contributed by atoms with Crippen LogP contribution in [0, 0.1) is 0 Å². The first kappa shape index (κ1) is 12.7. The van der Waals surface area contributed by atoms with Crippen molar-refractivity contribution in [3.63, 3.8) is 0 Å². The summed E-state index contributed by atoms with van der Waals surface area (Å²) in [7, 11) is 0. The molecule has 1 aromatic rings. The third-order valence-corrected chi connectivity index (χ3v) is 2.90. The number of benzene rings is 1. The number of aromatic carboxylic acids is 1. The number of carboxylic acid groups (broad SMARTS) is 1. The number of rotatable bonds is 2. The lowest BCUT2D eigenvalue weighted by Crippen LogP contribution is -1.96. The summed E-state index contributed by atoms with van der Waals surface area (Å²) in [6, 6.07) is 4.08. The van der Waals surface area contributed by atoms with E-state index in [9.17, 15) is 4.79 Å². The predicted molar refractivity (Wildman–Crippen MR) is 62.9 cm³/mol. The molecule has 0 saturated carbocycles. The van der Waals surface area contributed by atoms with Gasteiger partial charge in [0.2, 0.25) is 0 Å². The monoisotopic (exact) mass is 284 g/mol. The Morgan fingerprint density at radius 3 is 2.20 bits per heavy atom. The molecule has 0 saturated heterocycles. The van der Waals surface area contributed by atoms with Crippen molar-refractivity contribution in [2.45, 2.75) is 0 Å². The SMILES string of the molecule is O=C(O)c1ccc(C(Cl)=C(Cl)Cl)c(Cl)c1. The Bertz CT molecular complexity index is 436. The van der Waals surface area contributed by atoms with Crippen LogP contribution in [-0.4, -0.2) is 11.1 Å². The first-order chi connectivity index (χ1) is 6.93. The third-order valence-electron chi connectivity index (χ3n) is 1.62. The molecule has 1 aromatic carbocycles. The van der Waals surface area contributed by atoms with Gasteiger partial charge in [0.1, 0.15) is 4.49 Å². The van der Waals surface area contributed by atoms with Crippen molar-refractivity contribution in [2.24, 2.45) is 0 Å². The Balaban J connectivity index is 3.26. The summed E-state index contributed by atoms with van der Waals surface area (Å²) in [5.41, 5.74) is 0.460. The van der Waals surface area contributed by atoms with Crippen LogP contribution in [0.3, 0.4) is 0 Å². The minimum Gasteiger partial charge on any atom is -0.478 e. The fourth-order valence-corrected chi connectivity index (χ4v) is 1.62. The van der Waals surface area contributed by atoms with Gasteiger partial charge in [0.05, 0.1) is 15.6 Å². The third kappa shape index (κ3) is 3.02. The largest absolute Gasteiger partial charge is 0.478 e. The van der Waals surface area contributed by atoms with Crippen LogP contribution >= 0.6 is 46.4 Å². The molecule has 0 bridgehead atoms. The van der Waals surface area contributed by atoms with Crippen LogP contribution in [0.5, 0.6) is 0 Å². The van der Waals surface area contributed by atoms with E-state index in [1.54, 1.807) is 0 Å². The van der Waals surface area contributed by atoms with Gasteiger partial charge >= 0.3 is 5.97 Å². The molecule has 0 aliphatic heterocycles. The van der Waals surface area contributed by atoms with E-state index in [1.807, 2.05) is 0 Å². The highest BCUT2D eigenvalue weighted by molar-refractivity contribution is 6.67. The summed E-state index contributed by atoms with van der Waals surface area (Å²) in [6.07, 6.45) is 0. The molecule has 6 heteroatoms. The molecule has 80 valence electrons. The minimum absolute atomic E-state index is 0.0684. The summed E-state index contributed by atoms with van der Waals surface area (Å²) >= 11 is 22.5. The number of halogens is 4. The van der Waals surface area contributed by atoms with Gasteiger partial charge in [-0.3, -0.25) is 0 Å². The molecular weight excluding hydrogens is 282 g/mol. The van der Waals surface area contributed by atoms with E-state index in [2.05, 4.69) is 0 Å². The van der Waals surface area contributed by atoms with Crippen molar-refractivity contribution in [1.82, 2.24) is 0 Å². The van der Waals surface area contributed by atoms with E-state index in [-0.39, 0.29) is 20.1 Å². The number of hydrogen-bond donors (Lipinski definition) is 1. The lowest BCUT2D eigenvalue weighted by atomic mass is 10.1. The van der Waals surface area contributed by atoms with Crippen molar-refractivity contribution in [1.29, 1.82) is 0 Å². The molecule has 0 spiro atoms. The standard InChI is InChI=1S/C9H4Cl4O2/c10-6-3-4(9(14)15)1-2-5(6)7(11)8(12)13/h1-3H,(H,14,15). The van der Waals surface area contributed by atoms with Crippen LogP contribution in [0.25, 0.3) is 5.03 Å². The van der Waals surface area contributed by atoms with Crippen LogP contribution in [-0.2, 0) is 0 Å². The minimum atomic E-state index is -1.07. The molecule has 15 heavy (non-hydrogen) atoms. The quantitative estimate of drug-likeness (QED) is 0.875. The molecule has 0 fully saturated rings. The summed E-state index contributed by atoms with van der Waals surface area (Å²) < 4.78 is -0.123. The Kier molecular flexibility index (Phi) is 4.29. The van der Waals surface area contributed by atoms with Gasteiger partial charge in [0.15, 0.2) is 0 Å². The molecule has 0 unspecified atom stereocenters. The molecule has 0 aliphatic rings. The number of hydrogen-bond acceptors (Lipinski definition) is 1. The topological polar surface area (TPSA) is 37.3 Å². The van der Waals surface area contributed by atoms with E-state index in [0.717, 1.165) is 0 Å². The molecular formula is C9H4Cl4O2. The zero-order chi connectivity index (χ0) is 11.6. The van der Waals surface area contributed by atoms with Crippen molar-refractivity contribution in [3.05, 3.63) is 38.8 Å². The Hall–Kier alpha value is -0.410. The average molecular weight is 286 g/mol. The smallest absolute Gasteiger partial charge is 0.335 e. The van der Waals surface area contributed by atoms with E-state index in [1.165, 1.54) is 18.2 Å². The van der Waals surface area contributed by atoms with Gasteiger partial charge in [-0.1, -0.05) is 52.5 Å². The maximum absolute atomic E-state index is 10.6. The number of carboxylic acids is 1. The molecule has 1 rings (SSSR count). The summed E-state index contributed by atoms with van der Waals surface area (Å²) in [6.45, 7) is 0. The van der Waals surface area contributed by atoms with E-state index < -0.39 is 5.97 Å². The number of carbonyl (C=O) groups is 1. The Morgan fingerprint density at radius 1 is 1.20 bits per heavy atom. The lowest BCUT2D eigenvalue weighted by molar-refractivity contribution is 0.0697. The van der Waals surface area contributed by atoms with E-state index in [0.29, 0.717) is 5.56 Å². The molecule has 0 aliphatic carbocycles. The van der Waals surface area contributed by atoms with Crippen molar-refractivity contribution < 1.29 is 9.90 Å². The van der Waals surface area contributed by atoms with E-state index in [4.69, 9.17) is 51.5 Å². The van der Waals surface area contributed by atoms with Gasteiger partial charge in [0, 0.05) is 5.56 Å². The molecule has 0 heterocycles. The van der Waals surface area contributed by atoms with Gasteiger partial charge in [-0.2, -0.15) is 0 Å². The van der Waals surface area contributed by atoms with Crippen LogP contribution in [0.2, 0.25) is 5.02 Å². The summed E-state index contributed by atoms with van der Waals surface area (Å²) in [5, 5.41) is 8.96. The summed E-state index contributed by atoms with van der Waals surface area (Å²) in [4.78, 5) is 10.6. The highest BCUT2D eigenvalue weighted by Gasteiger charge is 2.11. The average Bonchev–Trinajstić information content (AvgIpc) is 2.16. The molecule has 0 radical (unpaired) electrons. The zero-order valence-corrected chi connectivity index (χ0v) is 10.1. The second-order valence-corrected chi connectivity index (χ2v) is 4.31. The highest BCUT2D eigenvalue weighted by atomic mass is 35.5. The molecule has 0 aromatic heterocycles. The second-order valence-electron chi connectivity index (χ2n) is 2.57. The first-order valence-corrected chi connectivity index (χ1v) is 5.18. The van der Waals surface area contributed by atoms with Crippen molar-refractivity contribution >= 4 is 57.4 Å². The van der Waals surface area contributed by atoms with Gasteiger partial charge in [-0.15, -0.1) is 0 Å². The van der Waals surface area contributed by atoms with Gasteiger partial charge < -0.3 is 5.11 Å². The predicted octanol–water partition coefficient (Wildman–Crippen LogP) is 4.38. The second kappa shape index (κ2) is 5.08. The molecule has 0 amide bonds. The van der Waals surface area contributed by atoms with Crippen molar-refractivity contribution in [3.8, 4) is 0 Å². The van der Waals surface area contributed by atoms with Gasteiger partial charge in [-0.05, 0) is 12.1 Å².